The standard InChI is InChI=1S/C18H28BrNO/c1-16-11-13-17(14-12-16)20-18(21)10-8-6-4-2-3-5-7-9-15-19/h11-14H,2-10,15H2,1H3,(H,20,21). The molecule has 1 rings (SSSR count). The van der Waals surface area contributed by atoms with Crippen LogP contribution in [0.3, 0.4) is 0 Å². The normalized spacial score (nSPS) is 10.6. The lowest BCUT2D eigenvalue weighted by atomic mass is 10.1. The fraction of sp³-hybridized carbons (Fsp3) is 0.611. The summed E-state index contributed by atoms with van der Waals surface area (Å²) in [6, 6.07) is 7.96. The van der Waals surface area contributed by atoms with E-state index >= 15 is 0 Å². The van der Waals surface area contributed by atoms with Crippen molar-refractivity contribution in [3.63, 3.8) is 0 Å². The highest BCUT2D eigenvalue weighted by Crippen LogP contribution is 2.12. The number of aryl methyl sites for hydroxylation is 1. The Hall–Kier alpha value is -0.830. The smallest absolute Gasteiger partial charge is 0.224 e. The Labute approximate surface area is 137 Å². The van der Waals surface area contributed by atoms with E-state index in [0.29, 0.717) is 6.42 Å². The Morgan fingerprint density at radius 1 is 0.905 bits per heavy atom. The van der Waals surface area contributed by atoms with Crippen molar-refractivity contribution in [1.82, 2.24) is 0 Å². The molecule has 1 N–H and O–H groups in total. The Kier molecular flexibility index (Phi) is 10.2. The summed E-state index contributed by atoms with van der Waals surface area (Å²) in [5.41, 5.74) is 2.11. The summed E-state index contributed by atoms with van der Waals surface area (Å²) in [5.74, 6) is 0.135. The highest BCUT2D eigenvalue weighted by atomic mass is 79.9. The fourth-order valence-electron chi connectivity index (χ4n) is 2.30. The minimum Gasteiger partial charge on any atom is -0.326 e. The van der Waals surface area contributed by atoms with Crippen LogP contribution in [0.2, 0.25) is 0 Å². The molecule has 1 amide bonds. The van der Waals surface area contributed by atoms with E-state index in [2.05, 4.69) is 21.2 Å². The minimum absolute atomic E-state index is 0.135. The molecular weight excluding hydrogens is 326 g/mol. The zero-order valence-corrected chi connectivity index (χ0v) is 14.8. The highest BCUT2D eigenvalue weighted by Gasteiger charge is 2.02. The van der Waals surface area contributed by atoms with Gasteiger partial charge in [0.1, 0.15) is 0 Å². The number of rotatable bonds is 11. The van der Waals surface area contributed by atoms with Crippen LogP contribution in [0, 0.1) is 6.92 Å². The van der Waals surface area contributed by atoms with Gasteiger partial charge in [-0.1, -0.05) is 72.2 Å². The van der Waals surface area contributed by atoms with Crippen molar-refractivity contribution in [3.8, 4) is 0 Å². The molecule has 0 unspecified atom stereocenters. The first-order chi connectivity index (χ1) is 10.2. The number of benzene rings is 1. The summed E-state index contributed by atoms with van der Waals surface area (Å²) in [7, 11) is 0. The second-order valence-electron chi connectivity index (χ2n) is 5.68. The van der Waals surface area contributed by atoms with Crippen LogP contribution >= 0.6 is 15.9 Å². The number of anilines is 1. The second-order valence-corrected chi connectivity index (χ2v) is 6.47. The predicted octanol–water partition coefficient (Wildman–Crippen LogP) is 5.84. The summed E-state index contributed by atoms with van der Waals surface area (Å²) in [6.45, 7) is 2.05. The molecule has 0 radical (unpaired) electrons. The summed E-state index contributed by atoms with van der Waals surface area (Å²) in [6.07, 6.45) is 10.7. The molecule has 2 nitrogen and oxygen atoms in total. The fourth-order valence-corrected chi connectivity index (χ4v) is 2.70. The van der Waals surface area contributed by atoms with Crippen LogP contribution in [0.4, 0.5) is 5.69 Å². The molecule has 0 fully saturated rings. The van der Waals surface area contributed by atoms with Crippen LogP contribution in [0.25, 0.3) is 0 Å². The van der Waals surface area contributed by atoms with Crippen molar-refractivity contribution in [3.05, 3.63) is 29.8 Å². The van der Waals surface area contributed by atoms with Crippen LogP contribution in [-0.4, -0.2) is 11.2 Å². The highest BCUT2D eigenvalue weighted by molar-refractivity contribution is 9.09. The first-order valence-corrected chi connectivity index (χ1v) is 9.27. The summed E-state index contributed by atoms with van der Waals surface area (Å²) < 4.78 is 0. The molecule has 0 saturated heterocycles. The summed E-state index contributed by atoms with van der Waals surface area (Å²) in [4.78, 5) is 11.8. The third kappa shape index (κ3) is 9.67. The largest absolute Gasteiger partial charge is 0.326 e. The van der Waals surface area contributed by atoms with Gasteiger partial charge in [-0.3, -0.25) is 4.79 Å². The van der Waals surface area contributed by atoms with Gasteiger partial charge >= 0.3 is 0 Å². The van der Waals surface area contributed by atoms with Gasteiger partial charge in [0.15, 0.2) is 0 Å². The van der Waals surface area contributed by atoms with Gasteiger partial charge in [-0.25, -0.2) is 0 Å². The Balaban J connectivity index is 1.97. The van der Waals surface area contributed by atoms with E-state index in [4.69, 9.17) is 0 Å². The number of carbonyl (C=O) groups is 1. The van der Waals surface area contributed by atoms with Gasteiger partial charge in [0.2, 0.25) is 5.91 Å². The van der Waals surface area contributed by atoms with E-state index in [1.165, 1.54) is 50.5 Å². The third-order valence-electron chi connectivity index (χ3n) is 3.62. The number of halogens is 1. The molecule has 0 aliphatic carbocycles. The Bertz CT molecular complexity index is 389. The molecule has 0 saturated carbocycles. The number of hydrogen-bond acceptors (Lipinski definition) is 1. The number of hydrogen-bond donors (Lipinski definition) is 1. The van der Waals surface area contributed by atoms with Crippen LogP contribution in [0.5, 0.6) is 0 Å². The topological polar surface area (TPSA) is 29.1 Å². The van der Waals surface area contributed by atoms with E-state index in [9.17, 15) is 4.79 Å². The van der Waals surface area contributed by atoms with Crippen LogP contribution < -0.4 is 5.32 Å². The monoisotopic (exact) mass is 353 g/mol. The molecule has 1 aromatic carbocycles. The first kappa shape index (κ1) is 18.2. The molecular formula is C18H28BrNO. The van der Waals surface area contributed by atoms with E-state index < -0.39 is 0 Å². The van der Waals surface area contributed by atoms with Crippen LogP contribution in [-0.2, 0) is 4.79 Å². The number of carbonyl (C=O) groups excluding carboxylic acids is 1. The summed E-state index contributed by atoms with van der Waals surface area (Å²) in [5, 5.41) is 4.08. The van der Waals surface area contributed by atoms with E-state index in [1.807, 2.05) is 31.2 Å². The average molecular weight is 354 g/mol. The third-order valence-corrected chi connectivity index (χ3v) is 4.18. The van der Waals surface area contributed by atoms with Gasteiger partial charge in [-0.15, -0.1) is 0 Å². The number of alkyl halides is 1. The maximum absolute atomic E-state index is 11.8. The van der Waals surface area contributed by atoms with E-state index in [1.54, 1.807) is 0 Å². The molecule has 21 heavy (non-hydrogen) atoms. The van der Waals surface area contributed by atoms with Crippen molar-refractivity contribution < 1.29 is 4.79 Å². The lowest BCUT2D eigenvalue weighted by Crippen LogP contribution is -2.10. The van der Waals surface area contributed by atoms with E-state index in [0.717, 1.165) is 17.4 Å². The van der Waals surface area contributed by atoms with Crippen molar-refractivity contribution in [2.45, 2.75) is 64.7 Å². The maximum Gasteiger partial charge on any atom is 0.224 e. The molecule has 1 aromatic rings. The van der Waals surface area contributed by atoms with Gasteiger partial charge in [0.25, 0.3) is 0 Å². The van der Waals surface area contributed by atoms with Gasteiger partial charge < -0.3 is 5.32 Å². The molecule has 0 aliphatic rings. The van der Waals surface area contributed by atoms with Crippen LogP contribution in [0.15, 0.2) is 24.3 Å². The lowest BCUT2D eigenvalue weighted by Gasteiger charge is -2.05. The lowest BCUT2D eigenvalue weighted by molar-refractivity contribution is -0.116. The molecule has 0 aromatic heterocycles. The molecule has 3 heteroatoms. The number of unbranched alkanes of at least 4 members (excludes halogenated alkanes) is 7. The molecule has 0 spiro atoms. The number of nitrogens with one attached hydrogen (secondary N) is 1. The van der Waals surface area contributed by atoms with Crippen molar-refractivity contribution >= 4 is 27.5 Å². The molecule has 0 heterocycles. The van der Waals surface area contributed by atoms with E-state index in [-0.39, 0.29) is 5.91 Å². The maximum atomic E-state index is 11.8. The van der Waals surface area contributed by atoms with Gasteiger partial charge in [0, 0.05) is 17.4 Å². The van der Waals surface area contributed by atoms with Crippen molar-refractivity contribution in [1.29, 1.82) is 0 Å². The molecule has 0 bridgehead atoms. The molecule has 0 atom stereocenters. The number of amides is 1. The van der Waals surface area contributed by atoms with Crippen molar-refractivity contribution in [2.24, 2.45) is 0 Å². The predicted molar refractivity (Wildman–Crippen MR) is 95.2 cm³/mol. The Morgan fingerprint density at radius 2 is 1.43 bits per heavy atom. The average Bonchev–Trinajstić information content (AvgIpc) is 2.48. The second kappa shape index (κ2) is 11.8. The van der Waals surface area contributed by atoms with Crippen molar-refractivity contribution in [2.75, 3.05) is 10.6 Å². The molecule has 118 valence electrons. The van der Waals surface area contributed by atoms with Crippen LogP contribution in [0.1, 0.15) is 63.4 Å². The quantitative estimate of drug-likeness (QED) is 0.393. The summed E-state index contributed by atoms with van der Waals surface area (Å²) >= 11 is 3.46. The van der Waals surface area contributed by atoms with Gasteiger partial charge in [-0.05, 0) is 31.9 Å². The minimum atomic E-state index is 0.135. The SMILES string of the molecule is Cc1ccc(NC(=O)CCCCCCCCCCBr)cc1. The van der Waals surface area contributed by atoms with Gasteiger partial charge in [-0.2, -0.15) is 0 Å². The first-order valence-electron chi connectivity index (χ1n) is 8.15. The molecule has 0 aliphatic heterocycles. The van der Waals surface area contributed by atoms with Gasteiger partial charge in [0.05, 0.1) is 0 Å². The Morgan fingerprint density at radius 3 is 2.00 bits per heavy atom. The zero-order valence-electron chi connectivity index (χ0n) is 13.2. The zero-order chi connectivity index (χ0) is 15.3.